The van der Waals surface area contributed by atoms with Gasteiger partial charge in [-0.1, -0.05) is 25.4 Å². The Bertz CT molecular complexity index is 959. The van der Waals surface area contributed by atoms with Crippen molar-refractivity contribution in [3.8, 4) is 6.07 Å². The van der Waals surface area contributed by atoms with Gasteiger partial charge in [0, 0.05) is 13.1 Å². The van der Waals surface area contributed by atoms with Gasteiger partial charge in [0.05, 0.1) is 28.4 Å². The van der Waals surface area contributed by atoms with E-state index < -0.39 is 6.04 Å². The maximum atomic E-state index is 13.3. The van der Waals surface area contributed by atoms with Gasteiger partial charge in [-0.25, -0.2) is 9.69 Å². The van der Waals surface area contributed by atoms with Crippen molar-refractivity contribution in [2.45, 2.75) is 45.3 Å². The number of thiocarbonyl (C=S) groups is 1. The molecule has 3 fully saturated rings. The Labute approximate surface area is 180 Å². The highest BCUT2D eigenvalue weighted by Crippen LogP contribution is 2.43. The molecule has 1 N–H and O–H groups in total. The lowest BCUT2D eigenvalue weighted by atomic mass is 10.1. The van der Waals surface area contributed by atoms with Crippen molar-refractivity contribution >= 4 is 46.6 Å². The minimum Gasteiger partial charge on any atom is -0.362 e. The van der Waals surface area contributed by atoms with Crippen LogP contribution in [0.1, 0.15) is 31.4 Å². The molecule has 152 valence electrons. The molecule has 0 spiro atoms. The number of anilines is 1. The minimum atomic E-state index is -0.547. The number of benzene rings is 1. The van der Waals surface area contributed by atoms with E-state index in [9.17, 15) is 9.59 Å². The van der Waals surface area contributed by atoms with Crippen LogP contribution in [-0.2, 0) is 4.79 Å². The predicted molar refractivity (Wildman–Crippen MR) is 114 cm³/mol. The van der Waals surface area contributed by atoms with Crippen molar-refractivity contribution < 1.29 is 9.59 Å². The van der Waals surface area contributed by atoms with Crippen LogP contribution >= 0.6 is 23.8 Å². The van der Waals surface area contributed by atoms with E-state index in [0.717, 1.165) is 13.0 Å². The molecule has 7 nitrogen and oxygen atoms in total. The van der Waals surface area contributed by atoms with Gasteiger partial charge in [0.25, 0.3) is 5.91 Å². The second-order valence-electron chi connectivity index (χ2n) is 8.18. The monoisotopic (exact) mass is 431 g/mol. The number of halogens is 1. The van der Waals surface area contributed by atoms with E-state index in [2.05, 4.69) is 24.1 Å². The number of nitriles is 1. The summed E-state index contributed by atoms with van der Waals surface area (Å²) in [4.78, 5) is 31.4. The first-order valence-corrected chi connectivity index (χ1v) is 10.4. The van der Waals surface area contributed by atoms with Crippen molar-refractivity contribution in [1.29, 1.82) is 5.26 Å². The Morgan fingerprint density at radius 1 is 1.41 bits per heavy atom. The maximum Gasteiger partial charge on any atom is 0.332 e. The average molecular weight is 432 g/mol. The number of hydrogen-bond donors (Lipinski definition) is 1. The Balaban J connectivity index is 1.61. The number of nitrogens with one attached hydrogen (secondary N) is 1. The number of carbonyl (C=O) groups is 2. The van der Waals surface area contributed by atoms with Crippen molar-refractivity contribution in [3.05, 3.63) is 28.3 Å². The van der Waals surface area contributed by atoms with Gasteiger partial charge in [-0.3, -0.25) is 4.79 Å². The number of nitrogens with zero attached hydrogens (tertiary/aromatic N) is 4. The third-order valence-electron chi connectivity index (χ3n) is 5.91. The molecule has 3 amide bonds. The number of likely N-dealkylation sites (tertiary alicyclic amines) is 1. The molecular weight excluding hydrogens is 410 g/mol. The van der Waals surface area contributed by atoms with Crippen LogP contribution < -0.4 is 10.2 Å². The molecule has 0 unspecified atom stereocenters. The molecule has 3 heterocycles. The highest BCUT2D eigenvalue weighted by Gasteiger charge is 2.62. The quantitative estimate of drug-likeness (QED) is 0.585. The molecule has 0 saturated carbocycles. The summed E-state index contributed by atoms with van der Waals surface area (Å²) in [5.41, 5.74) is 1.30. The summed E-state index contributed by atoms with van der Waals surface area (Å²) in [7, 11) is 0. The van der Waals surface area contributed by atoms with Gasteiger partial charge in [-0.15, -0.1) is 0 Å². The first-order chi connectivity index (χ1) is 13.8. The Kier molecular flexibility index (Phi) is 4.91. The Morgan fingerprint density at radius 2 is 2.14 bits per heavy atom. The van der Waals surface area contributed by atoms with E-state index >= 15 is 0 Å². The largest absolute Gasteiger partial charge is 0.362 e. The average Bonchev–Trinajstić information content (AvgIpc) is 3.34. The van der Waals surface area contributed by atoms with Crippen LogP contribution in [0.4, 0.5) is 10.5 Å². The van der Waals surface area contributed by atoms with Gasteiger partial charge >= 0.3 is 6.03 Å². The third kappa shape index (κ3) is 2.95. The Morgan fingerprint density at radius 3 is 2.79 bits per heavy atom. The first kappa shape index (κ1) is 19.9. The molecule has 3 atom stereocenters. The zero-order valence-electron chi connectivity index (χ0n) is 16.5. The molecule has 9 heteroatoms. The molecule has 3 aliphatic heterocycles. The van der Waals surface area contributed by atoms with Crippen molar-refractivity contribution in [3.63, 3.8) is 0 Å². The molecule has 0 aliphatic carbocycles. The molecule has 1 aromatic carbocycles. The number of piperazine rings is 1. The number of carbonyl (C=O) groups excluding carboxylic acids is 2. The summed E-state index contributed by atoms with van der Waals surface area (Å²) in [6, 6.07) is 4.15. The van der Waals surface area contributed by atoms with Gasteiger partial charge in [0.1, 0.15) is 12.1 Å². The molecule has 0 aromatic heterocycles. The van der Waals surface area contributed by atoms with E-state index in [-0.39, 0.29) is 29.0 Å². The fourth-order valence-corrected chi connectivity index (χ4v) is 5.00. The van der Waals surface area contributed by atoms with Crippen LogP contribution in [-0.4, -0.2) is 58.1 Å². The summed E-state index contributed by atoms with van der Waals surface area (Å²) >= 11 is 11.8. The van der Waals surface area contributed by atoms with Crippen molar-refractivity contribution in [2.24, 2.45) is 5.92 Å². The molecule has 3 saturated heterocycles. The van der Waals surface area contributed by atoms with Gasteiger partial charge in [-0.05, 0) is 49.2 Å². The van der Waals surface area contributed by atoms with Crippen LogP contribution in [0.2, 0.25) is 5.02 Å². The topological polar surface area (TPSA) is 79.7 Å². The number of fused-ring (bicyclic) bond motifs is 5. The van der Waals surface area contributed by atoms with Crippen LogP contribution in [0.3, 0.4) is 0 Å². The van der Waals surface area contributed by atoms with Gasteiger partial charge in [0.2, 0.25) is 0 Å². The maximum absolute atomic E-state index is 13.3. The summed E-state index contributed by atoms with van der Waals surface area (Å²) in [5, 5.41) is 13.3. The highest BCUT2D eigenvalue weighted by atomic mass is 35.5. The van der Waals surface area contributed by atoms with E-state index in [1.165, 1.54) is 4.90 Å². The summed E-state index contributed by atoms with van der Waals surface area (Å²) in [6.07, 6.45) is 0.743. The molecule has 1 aromatic rings. The second-order valence-corrected chi connectivity index (χ2v) is 8.95. The molecular formula is C20H22ClN5O2S. The van der Waals surface area contributed by atoms with Gasteiger partial charge in [-0.2, -0.15) is 5.26 Å². The summed E-state index contributed by atoms with van der Waals surface area (Å²) < 4.78 is 0. The number of rotatable bonds is 3. The van der Waals surface area contributed by atoms with E-state index in [1.54, 1.807) is 24.0 Å². The Hall–Kier alpha value is -2.37. The lowest BCUT2D eigenvalue weighted by molar-refractivity contribution is -0.120. The molecule has 2 bridgehead atoms. The summed E-state index contributed by atoms with van der Waals surface area (Å²) in [6.45, 7) is 7.33. The van der Waals surface area contributed by atoms with Crippen LogP contribution in [0.5, 0.6) is 0 Å². The van der Waals surface area contributed by atoms with Gasteiger partial charge < -0.3 is 15.1 Å². The molecule has 0 radical (unpaired) electrons. The van der Waals surface area contributed by atoms with Crippen molar-refractivity contribution in [1.82, 2.24) is 15.1 Å². The first-order valence-electron chi connectivity index (χ1n) is 9.66. The number of hydrogen-bond acceptors (Lipinski definition) is 4. The van der Waals surface area contributed by atoms with Crippen LogP contribution in [0.15, 0.2) is 12.1 Å². The van der Waals surface area contributed by atoms with Gasteiger partial charge in [0.15, 0.2) is 5.11 Å². The fourth-order valence-electron chi connectivity index (χ4n) is 4.51. The van der Waals surface area contributed by atoms with E-state index in [4.69, 9.17) is 29.1 Å². The third-order valence-corrected chi connectivity index (χ3v) is 6.77. The highest BCUT2D eigenvalue weighted by molar-refractivity contribution is 7.80. The lowest BCUT2D eigenvalue weighted by Gasteiger charge is -2.36. The minimum absolute atomic E-state index is 0.0422. The molecule has 29 heavy (non-hydrogen) atoms. The fraction of sp³-hybridized carbons (Fsp3) is 0.500. The van der Waals surface area contributed by atoms with Crippen LogP contribution in [0.25, 0.3) is 0 Å². The van der Waals surface area contributed by atoms with Crippen molar-refractivity contribution in [2.75, 3.05) is 18.0 Å². The summed E-state index contributed by atoms with van der Waals surface area (Å²) in [5.74, 6) is 0.196. The normalized spacial score (nSPS) is 25.1. The predicted octanol–water partition coefficient (Wildman–Crippen LogP) is 2.64. The SMILES string of the molecule is Cc1c(N2C(=O)[C@@H]3[C@@H]4C[C@@H](CN4C(=S)NCC(C)C)N3C2=O)ccc(C#N)c1Cl. The number of imide groups is 1. The van der Waals surface area contributed by atoms with E-state index in [0.29, 0.717) is 34.4 Å². The number of amides is 3. The zero-order chi connectivity index (χ0) is 21.0. The standard InChI is InChI=1S/C20H22ClN5O2S/c1-10(2)8-23-19(29)24-9-13-6-15(24)17-18(27)26(20(28)25(13)17)14-5-4-12(7-22)16(21)11(14)3/h4-5,10,13,15,17H,6,8-9H2,1-3H3,(H,23,29)/t13-,15-,17-/m0/s1. The zero-order valence-corrected chi connectivity index (χ0v) is 18.0. The number of urea groups is 1. The second kappa shape index (κ2) is 7.15. The smallest absolute Gasteiger partial charge is 0.332 e. The van der Waals surface area contributed by atoms with Crippen LogP contribution in [0, 0.1) is 24.2 Å². The molecule has 3 aliphatic rings. The molecule has 4 rings (SSSR count). The van der Waals surface area contributed by atoms with E-state index in [1.807, 2.05) is 6.07 Å². The lowest BCUT2D eigenvalue weighted by Crippen LogP contribution is -2.57.